The largest absolute Gasteiger partial charge is 0.464 e. The van der Waals surface area contributed by atoms with Crippen LogP contribution in [-0.4, -0.2) is 38.2 Å². The van der Waals surface area contributed by atoms with Crippen molar-refractivity contribution in [2.75, 3.05) is 26.4 Å². The van der Waals surface area contributed by atoms with Crippen LogP contribution in [0.1, 0.15) is 27.7 Å². The second-order valence-electron chi connectivity index (χ2n) is 2.94. The maximum Gasteiger partial charge on any atom is 0.370 e. The van der Waals surface area contributed by atoms with E-state index in [2.05, 4.69) is 0 Å². The Morgan fingerprint density at radius 2 is 1.53 bits per heavy atom. The molecule has 0 saturated heterocycles. The Morgan fingerprint density at radius 1 is 1.00 bits per heavy atom. The summed E-state index contributed by atoms with van der Waals surface area (Å²) in [4.78, 5) is 11.7. The van der Waals surface area contributed by atoms with Crippen molar-refractivity contribution in [2.45, 2.75) is 33.5 Å². The van der Waals surface area contributed by atoms with Crippen LogP contribution in [0.25, 0.3) is 0 Å². The Hall–Kier alpha value is -0.420. The lowest BCUT2D eigenvalue weighted by atomic mass is 10.7. The third-order valence-electron chi connectivity index (χ3n) is 1.72. The molecule has 0 spiro atoms. The zero-order chi connectivity index (χ0) is 13.3. The van der Waals surface area contributed by atoms with E-state index in [0.717, 1.165) is 0 Å². The summed E-state index contributed by atoms with van der Waals surface area (Å²) in [5, 5.41) is 0. The molecule has 6 nitrogen and oxygen atoms in total. The summed E-state index contributed by atoms with van der Waals surface area (Å²) in [5.41, 5.74) is 0. The van der Waals surface area contributed by atoms with Gasteiger partial charge in [0, 0.05) is 6.61 Å². The van der Waals surface area contributed by atoms with Gasteiger partial charge in [0.2, 0.25) is 0 Å². The summed E-state index contributed by atoms with van der Waals surface area (Å²) in [6.45, 7) is 7.41. The van der Waals surface area contributed by atoms with Crippen molar-refractivity contribution in [1.29, 1.82) is 0 Å². The van der Waals surface area contributed by atoms with Crippen molar-refractivity contribution < 1.29 is 27.9 Å². The van der Waals surface area contributed by atoms with Crippen molar-refractivity contribution in [3.8, 4) is 0 Å². The summed E-state index contributed by atoms with van der Waals surface area (Å²) in [5.74, 6) is -2.04. The number of carbonyl (C=O) groups is 1. The second-order valence-corrected chi connectivity index (χ2v) is 5.00. The highest BCUT2D eigenvalue weighted by Crippen LogP contribution is 2.53. The molecule has 7 heteroatoms. The fourth-order valence-corrected chi connectivity index (χ4v) is 2.92. The van der Waals surface area contributed by atoms with Crippen LogP contribution < -0.4 is 0 Å². The van der Waals surface area contributed by atoms with Gasteiger partial charge in [0.25, 0.3) is 5.85 Å². The molecule has 0 aliphatic rings. The van der Waals surface area contributed by atoms with Gasteiger partial charge in [-0.25, -0.2) is 4.79 Å². The van der Waals surface area contributed by atoms with Crippen LogP contribution in [0.4, 0.5) is 0 Å². The van der Waals surface area contributed by atoms with Gasteiger partial charge in [0.1, 0.15) is 0 Å². The van der Waals surface area contributed by atoms with E-state index in [9.17, 15) is 9.36 Å². The van der Waals surface area contributed by atoms with Crippen LogP contribution in [0.15, 0.2) is 0 Å². The van der Waals surface area contributed by atoms with Crippen molar-refractivity contribution in [3.05, 3.63) is 0 Å². The molecule has 1 atom stereocenters. The highest BCUT2D eigenvalue weighted by molar-refractivity contribution is 7.55. The van der Waals surface area contributed by atoms with Crippen molar-refractivity contribution >= 4 is 13.6 Å². The fraction of sp³-hybridized carbons (Fsp3) is 0.900. The van der Waals surface area contributed by atoms with E-state index in [4.69, 9.17) is 18.5 Å². The van der Waals surface area contributed by atoms with Gasteiger partial charge < -0.3 is 18.5 Å². The minimum atomic E-state index is -3.63. The summed E-state index contributed by atoms with van der Waals surface area (Å²) in [7, 11) is -3.63. The first kappa shape index (κ1) is 16.6. The summed E-state index contributed by atoms with van der Waals surface area (Å²) in [6, 6.07) is 0. The Bertz CT molecular complexity index is 258. The number of hydrogen-bond donors (Lipinski definition) is 0. The van der Waals surface area contributed by atoms with Crippen LogP contribution in [0.2, 0.25) is 0 Å². The molecule has 0 amide bonds. The van der Waals surface area contributed by atoms with Crippen molar-refractivity contribution in [2.24, 2.45) is 0 Å². The Kier molecular flexibility index (Phi) is 8.43. The minimum Gasteiger partial charge on any atom is -0.464 e. The molecular weight excluding hydrogens is 247 g/mol. The van der Waals surface area contributed by atoms with Gasteiger partial charge in [-0.2, -0.15) is 0 Å². The van der Waals surface area contributed by atoms with Crippen LogP contribution >= 0.6 is 7.60 Å². The second kappa shape index (κ2) is 8.64. The number of rotatable bonds is 9. The number of carbonyl (C=O) groups excluding carboxylic acids is 1. The van der Waals surface area contributed by atoms with Crippen molar-refractivity contribution in [3.63, 3.8) is 0 Å². The van der Waals surface area contributed by atoms with E-state index in [0.29, 0.717) is 0 Å². The Labute approximate surface area is 102 Å². The van der Waals surface area contributed by atoms with Gasteiger partial charge >= 0.3 is 13.6 Å². The quantitative estimate of drug-likeness (QED) is 0.471. The molecular formula is C10H21O6P. The van der Waals surface area contributed by atoms with Gasteiger partial charge in [0.15, 0.2) is 0 Å². The SMILES string of the molecule is CCOC(=O)[C@@H](OCC)P(=O)(OCC)OCC. The molecule has 0 aromatic rings. The molecule has 0 aliphatic heterocycles. The van der Waals surface area contributed by atoms with Crippen LogP contribution in [0.3, 0.4) is 0 Å². The lowest BCUT2D eigenvalue weighted by Crippen LogP contribution is -2.28. The molecule has 102 valence electrons. The fourth-order valence-electron chi connectivity index (χ4n) is 1.19. The molecule has 17 heavy (non-hydrogen) atoms. The van der Waals surface area contributed by atoms with Gasteiger partial charge in [-0.05, 0) is 27.7 Å². The number of hydrogen-bond acceptors (Lipinski definition) is 6. The predicted molar refractivity (Wildman–Crippen MR) is 62.9 cm³/mol. The highest BCUT2D eigenvalue weighted by atomic mass is 31.2. The van der Waals surface area contributed by atoms with E-state index in [1.807, 2.05) is 0 Å². The van der Waals surface area contributed by atoms with Crippen LogP contribution in [-0.2, 0) is 27.9 Å². The average molecular weight is 268 g/mol. The maximum atomic E-state index is 12.3. The van der Waals surface area contributed by atoms with Crippen molar-refractivity contribution in [1.82, 2.24) is 0 Å². The molecule has 0 aromatic heterocycles. The molecule has 0 radical (unpaired) electrons. The van der Waals surface area contributed by atoms with Gasteiger partial charge in [-0.3, -0.25) is 4.57 Å². The zero-order valence-electron chi connectivity index (χ0n) is 10.8. The molecule has 0 heterocycles. The third-order valence-corrected chi connectivity index (χ3v) is 3.89. The molecule has 0 N–H and O–H groups in total. The van der Waals surface area contributed by atoms with E-state index in [1.165, 1.54) is 0 Å². The smallest absolute Gasteiger partial charge is 0.370 e. The molecule has 0 fully saturated rings. The topological polar surface area (TPSA) is 71.1 Å². The third kappa shape index (κ3) is 5.17. The van der Waals surface area contributed by atoms with E-state index in [1.54, 1.807) is 27.7 Å². The summed E-state index contributed by atoms with van der Waals surface area (Å²) in [6.07, 6.45) is 0. The van der Waals surface area contributed by atoms with Crippen LogP contribution in [0, 0.1) is 0 Å². The molecule has 0 rings (SSSR count). The molecule has 0 aliphatic carbocycles. The first-order valence-corrected chi connectivity index (χ1v) is 7.33. The molecule has 0 saturated carbocycles. The maximum absolute atomic E-state index is 12.3. The summed E-state index contributed by atoms with van der Waals surface area (Å²) >= 11 is 0. The molecule has 0 bridgehead atoms. The standard InChI is InChI=1S/C10H21O6P/c1-5-13-9(11)10(14-6-2)17(12,15-7-3)16-8-4/h10H,5-8H2,1-4H3/t10-/m0/s1. The first-order valence-electron chi connectivity index (χ1n) is 5.72. The Balaban J connectivity index is 4.94. The first-order chi connectivity index (χ1) is 8.05. The van der Waals surface area contributed by atoms with Gasteiger partial charge in [0.05, 0.1) is 19.8 Å². The van der Waals surface area contributed by atoms with Crippen LogP contribution in [0.5, 0.6) is 0 Å². The normalized spacial score (nSPS) is 13.4. The summed E-state index contributed by atoms with van der Waals surface area (Å²) < 4.78 is 32.4. The lowest BCUT2D eigenvalue weighted by molar-refractivity contribution is -0.152. The average Bonchev–Trinajstić information content (AvgIpc) is 2.26. The molecule has 0 unspecified atom stereocenters. The van der Waals surface area contributed by atoms with E-state index in [-0.39, 0.29) is 26.4 Å². The minimum absolute atomic E-state index is 0.167. The monoisotopic (exact) mass is 268 g/mol. The lowest BCUT2D eigenvalue weighted by Gasteiger charge is -2.24. The molecule has 0 aromatic carbocycles. The van der Waals surface area contributed by atoms with Gasteiger partial charge in [-0.15, -0.1) is 0 Å². The predicted octanol–water partition coefficient (Wildman–Crippen LogP) is 2.18. The van der Waals surface area contributed by atoms with E-state index < -0.39 is 19.4 Å². The number of esters is 1. The zero-order valence-corrected chi connectivity index (χ0v) is 11.7. The highest BCUT2D eigenvalue weighted by Gasteiger charge is 2.43. The van der Waals surface area contributed by atoms with E-state index >= 15 is 0 Å². The number of ether oxygens (including phenoxy) is 2. The van der Waals surface area contributed by atoms with Gasteiger partial charge in [-0.1, -0.05) is 0 Å². The Morgan fingerprint density at radius 3 is 1.88 bits per heavy atom.